The second-order valence-corrected chi connectivity index (χ2v) is 10.3. The van der Waals surface area contributed by atoms with Gasteiger partial charge in [0.05, 0.1) is 0 Å². The summed E-state index contributed by atoms with van der Waals surface area (Å²) < 4.78 is 0. The van der Waals surface area contributed by atoms with Crippen LogP contribution in [0, 0.1) is 0 Å². The molecule has 41 heavy (non-hydrogen) atoms. The minimum atomic E-state index is -0.134. The number of unbranched alkanes of at least 4 members (excludes halogenated alkanes) is 1. The molecule has 2 aromatic carbocycles. The predicted molar refractivity (Wildman–Crippen MR) is 166 cm³/mol. The molecule has 1 aliphatic heterocycles. The summed E-state index contributed by atoms with van der Waals surface area (Å²) in [5, 5.41) is 9.69. The van der Waals surface area contributed by atoms with Gasteiger partial charge in [0.1, 0.15) is 0 Å². The zero-order valence-corrected chi connectivity index (χ0v) is 24.1. The number of benzene rings is 2. The van der Waals surface area contributed by atoms with Gasteiger partial charge in [-0.25, -0.2) is 0 Å². The number of Topliss-reactive ketones (excluding diaryl/α,β-unsaturated/α-hetero) is 1. The van der Waals surface area contributed by atoms with Gasteiger partial charge in [0, 0.05) is 43.6 Å². The molecule has 5 N–H and O–H groups in total. The Morgan fingerprint density at radius 2 is 1.22 bits per heavy atom. The second-order valence-electron chi connectivity index (χ2n) is 10.3. The highest BCUT2D eigenvalue weighted by Crippen LogP contribution is 2.23. The van der Waals surface area contributed by atoms with Crippen molar-refractivity contribution in [3.05, 3.63) is 82.9 Å². The van der Waals surface area contributed by atoms with Gasteiger partial charge in [-0.3, -0.25) is 14.4 Å². The van der Waals surface area contributed by atoms with E-state index in [1.54, 1.807) is 4.90 Å². The molecule has 1 heterocycles. The molecule has 3 rings (SSSR count). The van der Waals surface area contributed by atoms with E-state index in [1.165, 1.54) is 0 Å². The Morgan fingerprint density at radius 1 is 0.707 bits per heavy atom. The highest BCUT2D eigenvalue weighted by atomic mass is 16.2. The number of rotatable bonds is 17. The molecule has 8 nitrogen and oxygen atoms in total. The van der Waals surface area contributed by atoms with Crippen molar-refractivity contribution in [1.82, 2.24) is 20.9 Å². The normalized spacial score (nSPS) is 15.4. The lowest BCUT2D eigenvalue weighted by Crippen LogP contribution is -2.42. The van der Waals surface area contributed by atoms with Gasteiger partial charge in [-0.2, -0.15) is 0 Å². The smallest absolute Gasteiger partial charge is 0.223 e. The summed E-state index contributed by atoms with van der Waals surface area (Å²) in [4.78, 5) is 40.5. The van der Waals surface area contributed by atoms with E-state index >= 15 is 0 Å². The van der Waals surface area contributed by atoms with Crippen LogP contribution in [0.5, 0.6) is 0 Å². The van der Waals surface area contributed by atoms with Gasteiger partial charge in [-0.15, -0.1) is 0 Å². The van der Waals surface area contributed by atoms with E-state index in [1.807, 2.05) is 72.8 Å². The lowest BCUT2D eigenvalue weighted by Gasteiger charge is -2.30. The molecule has 220 valence electrons. The van der Waals surface area contributed by atoms with E-state index in [0.29, 0.717) is 17.7 Å². The number of nitrogens with two attached hydrogens (primary N) is 1. The molecule has 1 fully saturated rings. The van der Waals surface area contributed by atoms with Crippen LogP contribution in [0.2, 0.25) is 0 Å². The maximum absolute atomic E-state index is 13.3. The first-order valence-corrected chi connectivity index (χ1v) is 14.8. The number of nitrogens with one attached hydrogen (secondary N) is 3. The summed E-state index contributed by atoms with van der Waals surface area (Å²) >= 11 is 0. The number of piperidine rings is 1. The van der Waals surface area contributed by atoms with Crippen molar-refractivity contribution in [3.63, 3.8) is 0 Å². The van der Waals surface area contributed by atoms with Gasteiger partial charge in [-0.1, -0.05) is 60.7 Å². The van der Waals surface area contributed by atoms with Crippen LogP contribution >= 0.6 is 0 Å². The van der Waals surface area contributed by atoms with E-state index < -0.39 is 0 Å². The summed E-state index contributed by atoms with van der Waals surface area (Å²) in [6.45, 7) is 5.56. The first kappa shape index (κ1) is 31.9. The largest absolute Gasteiger partial charge is 0.356 e. The fourth-order valence-electron chi connectivity index (χ4n) is 4.60. The average Bonchev–Trinajstić information content (AvgIpc) is 2.99. The molecule has 2 amide bonds. The SMILES string of the molecule is NCCCNCCCCNCCCNC(=O)CCC(=O)N1C/C(=C\c2ccccc2)C(=O)/C(=C/c2ccccc2)C1. The monoisotopic (exact) mass is 559 g/mol. The zero-order valence-electron chi connectivity index (χ0n) is 24.1. The lowest BCUT2D eigenvalue weighted by molar-refractivity contribution is -0.133. The van der Waals surface area contributed by atoms with Gasteiger partial charge in [0.2, 0.25) is 11.8 Å². The minimum Gasteiger partial charge on any atom is -0.356 e. The Balaban J connectivity index is 1.42. The van der Waals surface area contributed by atoms with Crippen molar-refractivity contribution in [2.75, 3.05) is 52.4 Å². The Hall–Kier alpha value is -3.59. The molecule has 2 aromatic rings. The summed E-state index contributed by atoms with van der Waals surface area (Å²) in [7, 11) is 0. The van der Waals surface area contributed by atoms with E-state index in [9.17, 15) is 14.4 Å². The van der Waals surface area contributed by atoms with E-state index in [4.69, 9.17) is 5.73 Å². The maximum Gasteiger partial charge on any atom is 0.223 e. The van der Waals surface area contributed by atoms with Crippen LogP contribution in [-0.2, 0) is 14.4 Å². The summed E-state index contributed by atoms with van der Waals surface area (Å²) in [6.07, 6.45) is 8.01. The zero-order chi connectivity index (χ0) is 29.1. The van der Waals surface area contributed by atoms with E-state index in [0.717, 1.165) is 69.5 Å². The van der Waals surface area contributed by atoms with Crippen LogP contribution < -0.4 is 21.7 Å². The van der Waals surface area contributed by atoms with Crippen LogP contribution in [0.1, 0.15) is 49.7 Å². The fraction of sp³-hybridized carbons (Fsp3) is 0.424. The van der Waals surface area contributed by atoms with Crippen LogP contribution in [0.25, 0.3) is 12.2 Å². The highest BCUT2D eigenvalue weighted by molar-refractivity contribution is 6.15. The van der Waals surface area contributed by atoms with Gasteiger partial charge in [0.15, 0.2) is 5.78 Å². The van der Waals surface area contributed by atoms with Crippen molar-refractivity contribution < 1.29 is 14.4 Å². The molecule has 0 saturated carbocycles. The standard InChI is InChI=1S/C33H45N5O3/c34-17-9-20-35-18-7-8-19-36-21-10-22-37-31(39)15-16-32(40)38-25-29(23-27-11-3-1-4-12-27)33(41)30(26-38)24-28-13-5-2-6-14-28/h1-6,11-14,23-24,35-36H,7-10,15-22,25-26,34H2,(H,37,39)/b29-23+,30-24+. The van der Waals surface area contributed by atoms with Crippen LogP contribution in [0.3, 0.4) is 0 Å². The minimum absolute atomic E-state index is 0.0488. The molecule has 0 aromatic heterocycles. The number of nitrogens with zero attached hydrogens (tertiary/aromatic N) is 1. The summed E-state index contributed by atoms with van der Waals surface area (Å²) in [5.41, 5.74) is 8.43. The van der Waals surface area contributed by atoms with Crippen molar-refractivity contribution in [3.8, 4) is 0 Å². The first-order chi connectivity index (χ1) is 20.1. The number of hydrogen-bond donors (Lipinski definition) is 4. The van der Waals surface area contributed by atoms with Gasteiger partial charge < -0.3 is 26.6 Å². The third-order valence-corrected chi connectivity index (χ3v) is 6.87. The molecule has 0 unspecified atom stereocenters. The van der Waals surface area contributed by atoms with E-state index in [2.05, 4.69) is 16.0 Å². The Kier molecular flexibility index (Phi) is 14.6. The van der Waals surface area contributed by atoms with Gasteiger partial charge >= 0.3 is 0 Å². The lowest BCUT2D eigenvalue weighted by atomic mass is 9.94. The first-order valence-electron chi connectivity index (χ1n) is 14.8. The average molecular weight is 560 g/mol. The van der Waals surface area contributed by atoms with Crippen molar-refractivity contribution in [2.24, 2.45) is 5.73 Å². The molecular weight excluding hydrogens is 514 g/mol. The van der Waals surface area contributed by atoms with Crippen LogP contribution in [0.4, 0.5) is 0 Å². The molecule has 8 heteroatoms. The molecule has 0 radical (unpaired) electrons. The molecule has 1 aliphatic rings. The number of amides is 2. The Labute approximate surface area is 244 Å². The fourth-order valence-corrected chi connectivity index (χ4v) is 4.60. The van der Waals surface area contributed by atoms with Crippen LogP contribution in [-0.4, -0.2) is 74.9 Å². The van der Waals surface area contributed by atoms with Crippen molar-refractivity contribution >= 4 is 29.7 Å². The molecular formula is C33H45N5O3. The number of hydrogen-bond acceptors (Lipinski definition) is 6. The van der Waals surface area contributed by atoms with Crippen molar-refractivity contribution in [1.29, 1.82) is 0 Å². The topological polar surface area (TPSA) is 117 Å². The number of ketones is 1. The Morgan fingerprint density at radius 3 is 1.76 bits per heavy atom. The summed E-state index contributed by atoms with van der Waals surface area (Å²) in [5.74, 6) is -0.313. The quantitative estimate of drug-likeness (QED) is 0.175. The third-order valence-electron chi connectivity index (χ3n) is 6.87. The molecule has 0 atom stereocenters. The number of likely N-dealkylation sites (tertiary alicyclic amines) is 1. The molecule has 1 saturated heterocycles. The Bertz CT molecular complexity index is 1090. The van der Waals surface area contributed by atoms with Crippen LogP contribution in [0.15, 0.2) is 71.8 Å². The number of carbonyl (C=O) groups is 3. The second kappa shape index (κ2) is 18.7. The van der Waals surface area contributed by atoms with Crippen molar-refractivity contribution in [2.45, 2.75) is 38.5 Å². The third kappa shape index (κ3) is 12.2. The molecule has 0 spiro atoms. The van der Waals surface area contributed by atoms with Gasteiger partial charge in [0.25, 0.3) is 0 Å². The summed E-state index contributed by atoms with van der Waals surface area (Å²) in [6, 6.07) is 19.3. The highest BCUT2D eigenvalue weighted by Gasteiger charge is 2.29. The maximum atomic E-state index is 13.3. The molecule has 0 bridgehead atoms. The van der Waals surface area contributed by atoms with E-state index in [-0.39, 0.29) is 43.5 Å². The van der Waals surface area contributed by atoms with Gasteiger partial charge in [-0.05, 0) is 81.7 Å². The number of carbonyl (C=O) groups excluding carboxylic acids is 3. The predicted octanol–water partition coefficient (Wildman–Crippen LogP) is 3.16. The molecule has 0 aliphatic carbocycles.